The van der Waals surface area contributed by atoms with E-state index < -0.39 is 60.4 Å². The number of hydrogen-bond donors (Lipinski definition) is 0. The van der Waals surface area contributed by atoms with Gasteiger partial charge in [0.05, 0.1) is 36.1 Å². The molecule has 0 atom stereocenters. The highest BCUT2D eigenvalue weighted by Gasteiger charge is 2.23. The molecule has 0 spiro atoms. The number of hydrogen-bond acceptors (Lipinski definition) is 2. The Hall–Kier alpha value is -8.28. The minimum absolute atomic E-state index is 0.127. The fourth-order valence-corrected chi connectivity index (χ4v) is 8.71. The molecule has 65 heavy (non-hydrogen) atoms. The molecule has 0 saturated carbocycles. The van der Waals surface area contributed by atoms with Crippen molar-refractivity contribution in [2.75, 3.05) is 0 Å². The zero-order valence-corrected chi connectivity index (χ0v) is 35.6. The molecule has 0 saturated heterocycles. The van der Waals surface area contributed by atoms with Crippen LogP contribution in [0.3, 0.4) is 0 Å². The fourth-order valence-electron chi connectivity index (χ4n) is 8.71. The van der Waals surface area contributed by atoms with Gasteiger partial charge in [-0.1, -0.05) is 165 Å². The zero-order chi connectivity index (χ0) is 52.4. The molecular formula is C60H46N4O. The maximum atomic E-state index is 8.90. The Morgan fingerprint density at radius 2 is 1.29 bits per heavy atom. The molecule has 11 aromatic rings. The Morgan fingerprint density at radius 3 is 2.03 bits per heavy atom. The van der Waals surface area contributed by atoms with E-state index in [9.17, 15) is 0 Å². The Labute approximate surface area is 393 Å². The van der Waals surface area contributed by atoms with Crippen molar-refractivity contribution in [2.24, 2.45) is 0 Å². The third-order valence-corrected chi connectivity index (χ3v) is 11.8. The fraction of sp³-hybridized carbons (Fsp3) is 0.0667. The molecule has 0 radical (unpaired) electrons. The quantitative estimate of drug-likeness (QED) is 0.0960. The van der Waals surface area contributed by atoms with Crippen LogP contribution in [0.4, 0.5) is 0 Å². The largest absolute Gasteiger partial charge is 0.458 e. The summed E-state index contributed by atoms with van der Waals surface area (Å²) < 4.78 is 98.1. The number of benzene rings is 8. The number of nitrogens with zero attached hydrogens (tertiary/aromatic N) is 4. The second kappa shape index (κ2) is 16.8. The lowest BCUT2D eigenvalue weighted by atomic mass is 9.79. The van der Waals surface area contributed by atoms with Gasteiger partial charge in [-0.05, 0) is 111 Å². The number of aromatic nitrogens is 4. The van der Waals surface area contributed by atoms with Crippen molar-refractivity contribution in [1.29, 1.82) is 0 Å². The molecule has 0 N–H and O–H groups in total. The smallest absolute Gasteiger partial charge is 0.268 e. The van der Waals surface area contributed by atoms with Gasteiger partial charge in [0, 0.05) is 35.4 Å². The third kappa shape index (κ3) is 7.78. The molecule has 0 aliphatic heterocycles. The molecule has 0 amide bonds. The van der Waals surface area contributed by atoms with Gasteiger partial charge < -0.3 is 4.74 Å². The van der Waals surface area contributed by atoms with E-state index in [1.807, 2.05) is 66.9 Å². The molecule has 0 fully saturated rings. The van der Waals surface area contributed by atoms with E-state index in [0.717, 1.165) is 50.7 Å². The first-order chi connectivity index (χ1) is 36.1. The van der Waals surface area contributed by atoms with Crippen LogP contribution in [0.25, 0.3) is 72.4 Å². The normalized spacial score (nSPS) is 13.8. The summed E-state index contributed by atoms with van der Waals surface area (Å²) in [6, 6.07) is 44.6. The second-order valence-corrected chi connectivity index (χ2v) is 16.5. The lowest BCUT2D eigenvalue weighted by molar-refractivity contribution is -0.598. The number of ether oxygens (including phenoxy) is 1. The minimum Gasteiger partial charge on any atom is -0.458 e. The van der Waals surface area contributed by atoms with Crippen molar-refractivity contribution in [3.05, 3.63) is 248 Å². The molecule has 0 aliphatic rings. The van der Waals surface area contributed by atoms with Crippen LogP contribution in [0, 0.1) is 6.33 Å². The average Bonchev–Trinajstić information content (AvgIpc) is 4.06. The predicted octanol–water partition coefficient (Wildman–Crippen LogP) is 14.4. The highest BCUT2D eigenvalue weighted by Crippen LogP contribution is 2.38. The van der Waals surface area contributed by atoms with Crippen LogP contribution in [0.1, 0.15) is 38.7 Å². The summed E-state index contributed by atoms with van der Waals surface area (Å²) in [6.07, 6.45) is 9.31. The number of rotatable bonds is 11. The van der Waals surface area contributed by atoms with Crippen molar-refractivity contribution in [3.8, 4) is 62.1 Å². The van der Waals surface area contributed by atoms with E-state index >= 15 is 0 Å². The standard InChI is InChI=1S/C60H46N4O/c1-60(2,48-23-13-6-14-24-48)41-43-33-34-61-58(37-43)64-56-32-29-47(44-17-7-3-8-18-44)38-55(56)54-31-30-51(40-57(54)64)65-50-26-15-25-49(39-50)62-35-36-63(42-62)59-52(45-19-9-4-10-20-45)27-16-28-53(59)46-21-11-5-12-22-46/h3-40H,41H2,1-2H3/i4D,5D,9D,10D,11D,12D,19D,20D,21D,22D. The van der Waals surface area contributed by atoms with Crippen molar-refractivity contribution in [2.45, 2.75) is 25.7 Å². The Kier molecular flexibility index (Phi) is 7.72. The minimum atomic E-state index is -0.564. The van der Waals surface area contributed by atoms with Gasteiger partial charge in [-0.2, -0.15) is 0 Å². The molecular weight excluding hydrogens is 793 g/mol. The van der Waals surface area contributed by atoms with Crippen molar-refractivity contribution < 1.29 is 23.0 Å². The van der Waals surface area contributed by atoms with Crippen molar-refractivity contribution >= 4 is 21.8 Å². The lowest BCUT2D eigenvalue weighted by Crippen LogP contribution is -2.30. The van der Waals surface area contributed by atoms with Gasteiger partial charge in [0.1, 0.15) is 17.3 Å². The Bertz CT molecular complexity index is 3920. The SMILES string of the molecule is [2H]c1c([2H])c([2H])c(-c2cccc(-c3c([2H])c([2H])c([2H])c([2H])c3[2H])c2-[n+]2[c-]n(-c3cccc(Oc4ccc5c6cc(-c7ccccc7)ccc6n(-c6cc(CC(C)(C)c7ccccc7)ccn6)c5c4)c3)cc2)c([2H])c1[2H]. The van der Waals surface area contributed by atoms with Crippen molar-refractivity contribution in [3.63, 3.8) is 0 Å². The lowest BCUT2D eigenvalue weighted by Gasteiger charge is -2.25. The molecule has 0 bridgehead atoms. The van der Waals surface area contributed by atoms with Gasteiger partial charge >= 0.3 is 0 Å². The van der Waals surface area contributed by atoms with E-state index in [1.54, 1.807) is 35.2 Å². The first-order valence-electron chi connectivity index (χ1n) is 26.3. The molecule has 0 unspecified atom stereocenters. The maximum absolute atomic E-state index is 8.90. The number of imidazole rings is 1. The molecule has 8 aromatic carbocycles. The second-order valence-electron chi connectivity index (χ2n) is 16.5. The summed E-state index contributed by atoms with van der Waals surface area (Å²) in [4.78, 5) is 4.96. The van der Waals surface area contributed by atoms with Crippen LogP contribution in [-0.4, -0.2) is 14.1 Å². The predicted molar refractivity (Wildman–Crippen MR) is 264 cm³/mol. The monoisotopic (exact) mass is 848 g/mol. The number of pyridine rings is 1. The zero-order valence-electron chi connectivity index (χ0n) is 45.6. The van der Waals surface area contributed by atoms with Crippen molar-refractivity contribution in [1.82, 2.24) is 14.1 Å². The summed E-state index contributed by atoms with van der Waals surface area (Å²) in [7, 11) is 0. The van der Waals surface area contributed by atoms with Gasteiger partial charge in [-0.25, -0.2) is 4.98 Å². The summed E-state index contributed by atoms with van der Waals surface area (Å²) in [5.41, 5.74) is 7.26. The number of fused-ring (bicyclic) bond motifs is 3. The summed E-state index contributed by atoms with van der Waals surface area (Å²) in [5, 5.41) is 2.09. The highest BCUT2D eigenvalue weighted by molar-refractivity contribution is 6.10. The molecule has 11 rings (SSSR count). The van der Waals surface area contributed by atoms with E-state index in [4.69, 9.17) is 23.4 Å². The number of para-hydroxylation sites is 1. The van der Waals surface area contributed by atoms with Gasteiger partial charge in [0.15, 0.2) is 0 Å². The van der Waals surface area contributed by atoms with E-state index in [0.29, 0.717) is 17.2 Å². The Morgan fingerprint density at radius 1 is 0.600 bits per heavy atom. The summed E-state index contributed by atoms with van der Waals surface area (Å²) in [6.45, 7) is 4.52. The maximum Gasteiger partial charge on any atom is 0.268 e. The van der Waals surface area contributed by atoms with E-state index in [2.05, 4.69) is 97.5 Å². The van der Waals surface area contributed by atoms with Crippen LogP contribution in [-0.2, 0) is 11.8 Å². The van der Waals surface area contributed by atoms with Crippen LogP contribution >= 0.6 is 0 Å². The first-order valence-corrected chi connectivity index (χ1v) is 21.3. The van der Waals surface area contributed by atoms with Gasteiger partial charge in [-0.3, -0.25) is 13.7 Å². The summed E-state index contributed by atoms with van der Waals surface area (Å²) in [5.74, 6) is 1.87. The molecule has 0 aliphatic carbocycles. The molecule has 312 valence electrons. The average molecular weight is 849 g/mol. The third-order valence-electron chi connectivity index (χ3n) is 11.8. The van der Waals surface area contributed by atoms with Crippen LogP contribution in [0.15, 0.2) is 231 Å². The van der Waals surface area contributed by atoms with E-state index in [-0.39, 0.29) is 33.4 Å². The van der Waals surface area contributed by atoms with E-state index in [1.165, 1.54) is 10.1 Å². The first kappa shape index (κ1) is 29.9. The molecule has 5 heteroatoms. The van der Waals surface area contributed by atoms with Crippen LogP contribution < -0.4 is 9.30 Å². The molecule has 3 aromatic heterocycles. The van der Waals surface area contributed by atoms with Crippen LogP contribution in [0.2, 0.25) is 0 Å². The molecule has 5 nitrogen and oxygen atoms in total. The van der Waals surface area contributed by atoms with Gasteiger partial charge in [0.25, 0.3) is 6.33 Å². The highest BCUT2D eigenvalue weighted by atomic mass is 16.5. The Balaban J connectivity index is 0.998. The van der Waals surface area contributed by atoms with Gasteiger partial charge in [0.2, 0.25) is 0 Å². The van der Waals surface area contributed by atoms with Crippen LogP contribution in [0.5, 0.6) is 11.5 Å². The summed E-state index contributed by atoms with van der Waals surface area (Å²) >= 11 is 0. The topological polar surface area (TPSA) is 35.9 Å². The molecule has 3 heterocycles. The van der Waals surface area contributed by atoms with Gasteiger partial charge in [-0.15, -0.1) is 0 Å².